The molecule has 0 spiro atoms. The molecule has 0 atom stereocenters. The van der Waals surface area contributed by atoms with Crippen LogP contribution in [0, 0.1) is 11.8 Å². The molecule has 0 aliphatic heterocycles. The van der Waals surface area contributed by atoms with Gasteiger partial charge in [0.2, 0.25) is 0 Å². The summed E-state index contributed by atoms with van der Waals surface area (Å²) in [5, 5.41) is 0. The lowest BCUT2D eigenvalue weighted by Crippen LogP contribution is -1.73. The maximum Gasteiger partial charge on any atom is 0.0277 e. The normalized spacial score (nSPS) is 12.1. The number of aliphatic imine (C=N–C) groups is 1. The van der Waals surface area contributed by atoms with E-state index in [1.54, 1.807) is 13.3 Å². The van der Waals surface area contributed by atoms with Crippen molar-refractivity contribution in [3.8, 4) is 11.8 Å². The average Bonchev–Trinajstić information content (AvgIpc) is 2.01. The van der Waals surface area contributed by atoms with Crippen LogP contribution in [0.2, 0.25) is 0 Å². The van der Waals surface area contributed by atoms with Gasteiger partial charge in [0.15, 0.2) is 0 Å². The fraction of sp³-hybridized carbons (Fsp3) is 0.300. The number of hydrogen-bond acceptors (Lipinski definition) is 1. The van der Waals surface area contributed by atoms with Crippen LogP contribution in [-0.4, -0.2) is 13.3 Å². The summed E-state index contributed by atoms with van der Waals surface area (Å²) in [6, 6.07) is 0. The third-order valence-corrected chi connectivity index (χ3v) is 1.02. The predicted octanol–water partition coefficient (Wildman–Crippen LogP) is 2.21. The Morgan fingerprint density at radius 2 is 2.18 bits per heavy atom. The van der Waals surface area contributed by atoms with Gasteiger partial charge in [-0.2, -0.15) is 0 Å². The van der Waals surface area contributed by atoms with Crippen molar-refractivity contribution in [1.82, 2.24) is 0 Å². The zero-order valence-corrected chi connectivity index (χ0v) is 7.26. The Balaban J connectivity index is 4.40. The van der Waals surface area contributed by atoms with Gasteiger partial charge in [0.25, 0.3) is 0 Å². The first-order valence-corrected chi connectivity index (χ1v) is 3.53. The topological polar surface area (TPSA) is 12.4 Å². The minimum Gasteiger partial charge on any atom is -0.296 e. The molecule has 1 nitrogen and oxygen atoms in total. The molecule has 0 amide bonds. The first kappa shape index (κ1) is 9.71. The minimum absolute atomic E-state index is 0.987. The average molecular weight is 147 g/mol. The van der Waals surface area contributed by atoms with E-state index >= 15 is 0 Å². The highest BCUT2D eigenvalue weighted by Crippen LogP contribution is 1.92. The van der Waals surface area contributed by atoms with Gasteiger partial charge in [0.05, 0.1) is 0 Å². The van der Waals surface area contributed by atoms with Crippen molar-refractivity contribution in [2.24, 2.45) is 4.99 Å². The molecule has 0 rings (SSSR count). The first-order valence-electron chi connectivity index (χ1n) is 3.53. The van der Waals surface area contributed by atoms with Crippen LogP contribution in [0.4, 0.5) is 0 Å². The Morgan fingerprint density at radius 3 is 2.64 bits per heavy atom. The van der Waals surface area contributed by atoms with E-state index in [2.05, 4.69) is 16.8 Å². The molecule has 58 valence electrons. The Kier molecular flexibility index (Phi) is 6.02. The smallest absolute Gasteiger partial charge is 0.0277 e. The van der Waals surface area contributed by atoms with Gasteiger partial charge in [-0.15, -0.1) is 5.92 Å². The van der Waals surface area contributed by atoms with Gasteiger partial charge in [0.1, 0.15) is 0 Å². The number of allylic oxidation sites excluding steroid dienone is 4. The molecule has 0 N–H and O–H groups in total. The molecular formula is C10H13N. The van der Waals surface area contributed by atoms with Crippen LogP contribution in [0.1, 0.15) is 13.8 Å². The number of nitrogens with zero attached hydrogens (tertiary/aromatic N) is 1. The van der Waals surface area contributed by atoms with E-state index in [1.807, 2.05) is 32.1 Å². The van der Waals surface area contributed by atoms with Crippen LogP contribution >= 0.6 is 0 Å². The molecule has 0 aromatic carbocycles. The van der Waals surface area contributed by atoms with E-state index in [4.69, 9.17) is 0 Å². The van der Waals surface area contributed by atoms with Crippen molar-refractivity contribution in [1.29, 1.82) is 0 Å². The second-order valence-corrected chi connectivity index (χ2v) is 1.90. The van der Waals surface area contributed by atoms with Crippen molar-refractivity contribution in [2.45, 2.75) is 13.8 Å². The van der Waals surface area contributed by atoms with Gasteiger partial charge in [-0.1, -0.05) is 18.1 Å². The van der Waals surface area contributed by atoms with Crippen LogP contribution in [0.3, 0.4) is 0 Å². The molecule has 0 radical (unpaired) electrons. The van der Waals surface area contributed by atoms with Crippen molar-refractivity contribution in [2.75, 3.05) is 7.05 Å². The molecule has 1 heteroatoms. The fourth-order valence-corrected chi connectivity index (χ4v) is 0.618. The SMILES string of the molecule is CC#CC(/C=C\C)=C/C=NC. The monoisotopic (exact) mass is 147 g/mol. The van der Waals surface area contributed by atoms with Crippen LogP contribution < -0.4 is 0 Å². The quantitative estimate of drug-likeness (QED) is 0.322. The summed E-state index contributed by atoms with van der Waals surface area (Å²) in [5.74, 6) is 5.78. The highest BCUT2D eigenvalue weighted by molar-refractivity contribution is 5.74. The molecule has 0 aromatic rings. The highest BCUT2D eigenvalue weighted by Gasteiger charge is 1.79. The summed E-state index contributed by atoms with van der Waals surface area (Å²) in [5.41, 5.74) is 0.987. The highest BCUT2D eigenvalue weighted by atomic mass is 14.6. The van der Waals surface area contributed by atoms with Crippen molar-refractivity contribution in [3.63, 3.8) is 0 Å². The zero-order valence-electron chi connectivity index (χ0n) is 7.26. The van der Waals surface area contributed by atoms with Gasteiger partial charge in [-0.3, -0.25) is 4.99 Å². The minimum atomic E-state index is 0.987. The van der Waals surface area contributed by atoms with E-state index in [-0.39, 0.29) is 0 Å². The summed E-state index contributed by atoms with van der Waals surface area (Å²) >= 11 is 0. The molecule has 0 bridgehead atoms. The van der Waals surface area contributed by atoms with Gasteiger partial charge in [0, 0.05) is 18.8 Å². The summed E-state index contributed by atoms with van der Waals surface area (Å²) in [7, 11) is 1.74. The molecule has 11 heavy (non-hydrogen) atoms. The molecule has 0 aromatic heterocycles. The largest absolute Gasteiger partial charge is 0.296 e. The molecule has 0 saturated carbocycles. The molecule has 0 saturated heterocycles. The van der Waals surface area contributed by atoms with Gasteiger partial charge < -0.3 is 0 Å². The van der Waals surface area contributed by atoms with Crippen molar-refractivity contribution < 1.29 is 0 Å². The van der Waals surface area contributed by atoms with Crippen LogP contribution in [-0.2, 0) is 0 Å². The molecule has 0 heterocycles. The Labute approximate surface area is 68.5 Å². The first-order chi connectivity index (χ1) is 5.35. The van der Waals surface area contributed by atoms with Gasteiger partial charge in [-0.25, -0.2) is 0 Å². The van der Waals surface area contributed by atoms with E-state index in [9.17, 15) is 0 Å². The van der Waals surface area contributed by atoms with Crippen LogP contribution in [0.5, 0.6) is 0 Å². The van der Waals surface area contributed by atoms with Crippen molar-refractivity contribution in [3.05, 3.63) is 23.8 Å². The second kappa shape index (κ2) is 6.82. The molecule has 0 fully saturated rings. The predicted molar refractivity (Wildman–Crippen MR) is 50.8 cm³/mol. The zero-order chi connectivity index (χ0) is 8.53. The Morgan fingerprint density at radius 1 is 1.45 bits per heavy atom. The van der Waals surface area contributed by atoms with E-state index < -0.39 is 0 Å². The van der Waals surface area contributed by atoms with Gasteiger partial charge in [-0.05, 0) is 19.9 Å². The maximum atomic E-state index is 3.84. The van der Waals surface area contributed by atoms with Crippen molar-refractivity contribution >= 4 is 6.21 Å². The lowest BCUT2D eigenvalue weighted by atomic mass is 10.2. The fourth-order valence-electron chi connectivity index (χ4n) is 0.618. The molecule has 0 aliphatic carbocycles. The van der Waals surface area contributed by atoms with Crippen LogP contribution in [0.15, 0.2) is 28.8 Å². The van der Waals surface area contributed by atoms with E-state index in [0.717, 1.165) is 5.57 Å². The summed E-state index contributed by atoms with van der Waals surface area (Å²) in [6.07, 6.45) is 7.54. The van der Waals surface area contributed by atoms with Gasteiger partial charge >= 0.3 is 0 Å². The lowest BCUT2D eigenvalue weighted by molar-refractivity contribution is 1.47. The Hall–Kier alpha value is -1.29. The second-order valence-electron chi connectivity index (χ2n) is 1.90. The van der Waals surface area contributed by atoms with E-state index in [1.165, 1.54) is 0 Å². The third-order valence-electron chi connectivity index (χ3n) is 1.02. The Bertz CT molecular complexity index is 233. The van der Waals surface area contributed by atoms with Crippen LogP contribution in [0.25, 0.3) is 0 Å². The lowest BCUT2D eigenvalue weighted by Gasteiger charge is -1.84. The molecular weight excluding hydrogens is 134 g/mol. The summed E-state index contributed by atoms with van der Waals surface area (Å²) in [6.45, 7) is 3.79. The number of rotatable bonds is 2. The number of hydrogen-bond donors (Lipinski definition) is 0. The standard InChI is InChI=1S/C10H13N/c1-4-6-10(7-5-2)8-9-11-3/h4,6,8-9H,1-3H3/b6-4-,10-8+,11-9?. The summed E-state index contributed by atoms with van der Waals surface area (Å²) in [4.78, 5) is 3.84. The summed E-state index contributed by atoms with van der Waals surface area (Å²) < 4.78 is 0. The molecule has 0 aliphatic rings. The third kappa shape index (κ3) is 5.17. The molecule has 0 unspecified atom stereocenters. The maximum absolute atomic E-state index is 3.84. The van der Waals surface area contributed by atoms with E-state index in [0.29, 0.717) is 0 Å².